The van der Waals surface area contributed by atoms with E-state index in [1.807, 2.05) is 56.5 Å². The summed E-state index contributed by atoms with van der Waals surface area (Å²) in [5, 5.41) is 0. The van der Waals surface area contributed by atoms with Crippen LogP contribution in [-0.2, 0) is 4.74 Å². The van der Waals surface area contributed by atoms with Crippen molar-refractivity contribution in [1.82, 2.24) is 4.90 Å². The minimum atomic E-state index is -0.468. The Kier molecular flexibility index (Phi) is 8.47. The Labute approximate surface area is 190 Å². The van der Waals surface area contributed by atoms with Crippen LogP contribution in [0.5, 0.6) is 0 Å². The molecule has 162 valence electrons. The molecule has 31 heavy (non-hydrogen) atoms. The minimum absolute atomic E-state index is 0.182. The van der Waals surface area contributed by atoms with Crippen molar-refractivity contribution in [3.8, 4) is 11.1 Å². The summed E-state index contributed by atoms with van der Waals surface area (Å²) in [6.07, 6.45) is 2.04. The van der Waals surface area contributed by atoms with E-state index in [1.54, 1.807) is 11.8 Å². The SMILES string of the molecule is CSc1ccc(C(=O)C(C)(C)N2CCOCC2)cc1.c1ccc(-c2ccccc2)cc1. The quantitative estimate of drug-likeness (QED) is 0.362. The maximum atomic E-state index is 12.7. The number of ether oxygens (including phenoxy) is 1. The van der Waals surface area contributed by atoms with Crippen LogP contribution in [-0.4, -0.2) is 48.8 Å². The monoisotopic (exact) mass is 433 g/mol. The molecule has 1 heterocycles. The maximum absolute atomic E-state index is 12.7. The van der Waals surface area contributed by atoms with Crippen LogP contribution in [0.1, 0.15) is 24.2 Å². The van der Waals surface area contributed by atoms with Crippen LogP contribution < -0.4 is 0 Å². The summed E-state index contributed by atoms with van der Waals surface area (Å²) in [6.45, 7) is 7.07. The first-order chi connectivity index (χ1) is 15.0. The first-order valence-corrected chi connectivity index (χ1v) is 11.9. The molecule has 4 heteroatoms. The average molecular weight is 434 g/mol. The second kappa shape index (κ2) is 11.3. The zero-order valence-electron chi connectivity index (χ0n) is 18.6. The van der Waals surface area contributed by atoms with E-state index >= 15 is 0 Å². The topological polar surface area (TPSA) is 29.5 Å². The van der Waals surface area contributed by atoms with Crippen molar-refractivity contribution in [2.24, 2.45) is 0 Å². The van der Waals surface area contributed by atoms with Crippen LogP contribution in [0.15, 0.2) is 89.8 Å². The van der Waals surface area contributed by atoms with Crippen LogP contribution in [0.4, 0.5) is 0 Å². The van der Waals surface area contributed by atoms with E-state index in [9.17, 15) is 4.79 Å². The number of hydrogen-bond donors (Lipinski definition) is 0. The number of thioether (sulfide) groups is 1. The molecule has 3 aromatic carbocycles. The molecule has 0 saturated carbocycles. The Hall–Kier alpha value is -2.40. The lowest BCUT2D eigenvalue weighted by Gasteiger charge is -2.39. The molecule has 3 aromatic rings. The molecule has 0 spiro atoms. The molecule has 1 saturated heterocycles. The van der Waals surface area contributed by atoms with Gasteiger partial charge in [0.15, 0.2) is 5.78 Å². The van der Waals surface area contributed by atoms with Crippen molar-refractivity contribution >= 4 is 17.5 Å². The molecule has 0 unspecified atom stereocenters. The Morgan fingerprint density at radius 3 is 1.74 bits per heavy atom. The molecule has 1 aliphatic rings. The molecule has 4 rings (SSSR count). The summed E-state index contributed by atoms with van der Waals surface area (Å²) in [6, 6.07) is 28.6. The molecule has 0 aliphatic carbocycles. The third-order valence-electron chi connectivity index (χ3n) is 5.59. The standard InChI is InChI=1S/C15H21NO2S.C12H10/c1-15(2,16-8-10-18-11-9-16)14(17)12-4-6-13(19-3)7-5-12;1-3-7-11(8-4-1)12-9-5-2-6-10-12/h4-7H,8-11H2,1-3H3;1-10H. The van der Waals surface area contributed by atoms with Crippen LogP contribution >= 0.6 is 11.8 Å². The Balaban J connectivity index is 0.000000194. The maximum Gasteiger partial charge on any atom is 0.182 e. The van der Waals surface area contributed by atoms with Crippen molar-refractivity contribution in [3.05, 3.63) is 90.5 Å². The molecule has 3 nitrogen and oxygen atoms in total. The third kappa shape index (κ3) is 6.30. The van der Waals surface area contributed by atoms with Crippen molar-refractivity contribution in [3.63, 3.8) is 0 Å². The van der Waals surface area contributed by atoms with Gasteiger partial charge >= 0.3 is 0 Å². The number of ketones is 1. The van der Waals surface area contributed by atoms with Gasteiger partial charge in [-0.1, -0.05) is 72.8 Å². The fraction of sp³-hybridized carbons (Fsp3) is 0.296. The summed E-state index contributed by atoms with van der Waals surface area (Å²) in [5.41, 5.74) is 2.87. The fourth-order valence-electron chi connectivity index (χ4n) is 3.62. The molecule has 0 atom stereocenters. The summed E-state index contributed by atoms with van der Waals surface area (Å²) in [5.74, 6) is 0.182. The van der Waals surface area contributed by atoms with Gasteiger partial charge in [-0.25, -0.2) is 0 Å². The van der Waals surface area contributed by atoms with Crippen molar-refractivity contribution < 1.29 is 9.53 Å². The number of carbonyl (C=O) groups is 1. The summed E-state index contributed by atoms with van der Waals surface area (Å²) in [4.78, 5) is 16.1. The van der Waals surface area contributed by atoms with E-state index in [2.05, 4.69) is 53.4 Å². The number of benzene rings is 3. The third-order valence-corrected chi connectivity index (χ3v) is 6.33. The Morgan fingerprint density at radius 1 is 0.806 bits per heavy atom. The number of morpholine rings is 1. The molecular weight excluding hydrogens is 402 g/mol. The summed E-state index contributed by atoms with van der Waals surface area (Å²) < 4.78 is 5.35. The molecule has 1 aliphatic heterocycles. The van der Waals surface area contributed by atoms with Gasteiger partial charge in [0, 0.05) is 23.5 Å². The lowest BCUT2D eigenvalue weighted by molar-refractivity contribution is -0.00430. The predicted octanol–water partition coefficient (Wildman–Crippen LogP) is 6.06. The zero-order valence-corrected chi connectivity index (χ0v) is 19.4. The van der Waals surface area contributed by atoms with Gasteiger partial charge in [0.25, 0.3) is 0 Å². The molecule has 0 amide bonds. The van der Waals surface area contributed by atoms with Gasteiger partial charge in [0.05, 0.1) is 18.8 Å². The van der Waals surface area contributed by atoms with Crippen molar-refractivity contribution in [1.29, 1.82) is 0 Å². The smallest absolute Gasteiger partial charge is 0.182 e. The van der Waals surface area contributed by atoms with Crippen molar-refractivity contribution in [2.45, 2.75) is 24.3 Å². The number of Topliss-reactive ketones (excluding diaryl/α,β-unsaturated/α-hetero) is 1. The average Bonchev–Trinajstić information content (AvgIpc) is 2.85. The van der Waals surface area contributed by atoms with Crippen LogP contribution in [0, 0.1) is 0 Å². The van der Waals surface area contributed by atoms with Gasteiger partial charge in [-0.15, -0.1) is 11.8 Å². The van der Waals surface area contributed by atoms with E-state index in [0.29, 0.717) is 13.2 Å². The highest BCUT2D eigenvalue weighted by atomic mass is 32.2. The second-order valence-corrected chi connectivity index (χ2v) is 8.83. The minimum Gasteiger partial charge on any atom is -0.379 e. The lowest BCUT2D eigenvalue weighted by atomic mass is 9.91. The fourth-order valence-corrected chi connectivity index (χ4v) is 4.03. The number of hydrogen-bond acceptors (Lipinski definition) is 4. The number of carbonyl (C=O) groups excluding carboxylic acids is 1. The van der Waals surface area contributed by atoms with Crippen LogP contribution in [0.25, 0.3) is 11.1 Å². The highest BCUT2D eigenvalue weighted by Crippen LogP contribution is 2.23. The van der Waals surface area contributed by atoms with Gasteiger partial charge in [-0.2, -0.15) is 0 Å². The Bertz CT molecular complexity index is 896. The number of nitrogens with zero attached hydrogens (tertiary/aromatic N) is 1. The highest BCUT2D eigenvalue weighted by molar-refractivity contribution is 7.98. The van der Waals surface area contributed by atoms with E-state index in [1.165, 1.54) is 16.0 Å². The molecule has 0 radical (unpaired) electrons. The molecule has 0 N–H and O–H groups in total. The van der Waals surface area contributed by atoms with E-state index in [4.69, 9.17) is 4.74 Å². The number of rotatable bonds is 5. The molecule has 0 aromatic heterocycles. The second-order valence-electron chi connectivity index (χ2n) is 7.95. The van der Waals surface area contributed by atoms with Gasteiger partial charge in [-0.3, -0.25) is 9.69 Å². The largest absolute Gasteiger partial charge is 0.379 e. The summed E-state index contributed by atoms with van der Waals surface area (Å²) in [7, 11) is 0. The molecule has 0 bridgehead atoms. The first-order valence-electron chi connectivity index (χ1n) is 10.6. The Morgan fingerprint density at radius 2 is 1.29 bits per heavy atom. The first kappa shape index (κ1) is 23.3. The van der Waals surface area contributed by atoms with E-state index in [-0.39, 0.29) is 5.78 Å². The summed E-state index contributed by atoms with van der Waals surface area (Å²) >= 11 is 1.69. The normalized spacial score (nSPS) is 14.4. The van der Waals surface area contributed by atoms with Crippen molar-refractivity contribution in [2.75, 3.05) is 32.6 Å². The van der Waals surface area contributed by atoms with Gasteiger partial charge < -0.3 is 4.74 Å². The van der Waals surface area contributed by atoms with E-state index < -0.39 is 5.54 Å². The molecular formula is C27H31NO2S. The lowest BCUT2D eigenvalue weighted by Crippen LogP contribution is -2.54. The van der Waals surface area contributed by atoms with Gasteiger partial charge in [-0.05, 0) is 43.4 Å². The van der Waals surface area contributed by atoms with Gasteiger partial charge in [0.2, 0.25) is 0 Å². The van der Waals surface area contributed by atoms with Crippen LogP contribution in [0.3, 0.4) is 0 Å². The van der Waals surface area contributed by atoms with Crippen LogP contribution in [0.2, 0.25) is 0 Å². The van der Waals surface area contributed by atoms with Gasteiger partial charge in [0.1, 0.15) is 0 Å². The predicted molar refractivity (Wildman–Crippen MR) is 131 cm³/mol. The highest BCUT2D eigenvalue weighted by Gasteiger charge is 2.35. The molecule has 1 fully saturated rings. The van der Waals surface area contributed by atoms with E-state index in [0.717, 1.165) is 18.7 Å². The zero-order chi connectivity index (χ0) is 22.1.